The normalized spacial score (nSPS) is 10.8. The van der Waals surface area contributed by atoms with Gasteiger partial charge in [-0.1, -0.05) is 24.3 Å². The van der Waals surface area contributed by atoms with Crippen molar-refractivity contribution in [1.82, 2.24) is 4.40 Å². The minimum Gasteiger partial charge on any atom is -0.462 e. The summed E-state index contributed by atoms with van der Waals surface area (Å²) in [5.74, 6) is -0.416. The Labute approximate surface area is 115 Å². The molecule has 0 spiro atoms. The molecule has 0 atom stereocenters. The molecule has 20 heavy (non-hydrogen) atoms. The molecule has 1 aromatic carbocycles. The number of hydrogen-bond donors (Lipinski definition) is 0. The molecule has 0 aliphatic rings. The first-order valence-electron chi connectivity index (χ1n) is 6.43. The molecule has 2 aromatic heterocycles. The zero-order chi connectivity index (χ0) is 14.1. The summed E-state index contributed by atoms with van der Waals surface area (Å²) in [7, 11) is 0. The number of hydrogen-bond acceptors (Lipinski definition) is 3. The van der Waals surface area contributed by atoms with E-state index in [4.69, 9.17) is 4.74 Å². The molecule has 100 valence electrons. The van der Waals surface area contributed by atoms with Crippen LogP contribution in [0.1, 0.15) is 17.3 Å². The number of fused-ring (bicyclic) bond motifs is 3. The van der Waals surface area contributed by atoms with Crippen LogP contribution in [-0.4, -0.2) is 17.0 Å². The van der Waals surface area contributed by atoms with Crippen molar-refractivity contribution < 1.29 is 9.53 Å². The molecule has 0 aliphatic heterocycles. The second-order valence-corrected chi connectivity index (χ2v) is 4.42. The van der Waals surface area contributed by atoms with Crippen molar-refractivity contribution in [2.75, 3.05) is 6.61 Å². The van der Waals surface area contributed by atoms with Crippen molar-refractivity contribution in [3.8, 4) is 0 Å². The Bertz CT molecular complexity index is 864. The highest BCUT2D eigenvalue weighted by Crippen LogP contribution is 2.18. The summed E-state index contributed by atoms with van der Waals surface area (Å²) in [6.07, 6.45) is 0. The average molecular weight is 267 g/mol. The van der Waals surface area contributed by atoms with Gasteiger partial charge in [-0.05, 0) is 30.5 Å². The number of carbonyl (C=O) groups excluding carboxylic acids is 1. The van der Waals surface area contributed by atoms with E-state index in [2.05, 4.69) is 0 Å². The van der Waals surface area contributed by atoms with Gasteiger partial charge in [0.25, 0.3) is 5.56 Å². The first-order chi connectivity index (χ1) is 9.72. The number of benzene rings is 1. The van der Waals surface area contributed by atoms with Gasteiger partial charge in [-0.2, -0.15) is 0 Å². The zero-order valence-electron chi connectivity index (χ0n) is 11.0. The summed E-state index contributed by atoms with van der Waals surface area (Å²) in [6.45, 7) is 2.06. The van der Waals surface area contributed by atoms with E-state index in [0.29, 0.717) is 17.7 Å². The topological polar surface area (TPSA) is 47.8 Å². The number of esters is 1. The lowest BCUT2D eigenvalue weighted by molar-refractivity contribution is 0.0528. The van der Waals surface area contributed by atoms with Crippen molar-refractivity contribution in [2.24, 2.45) is 0 Å². The van der Waals surface area contributed by atoms with Gasteiger partial charge >= 0.3 is 5.97 Å². The van der Waals surface area contributed by atoms with Crippen LogP contribution in [0, 0.1) is 0 Å². The Balaban J connectivity index is 2.42. The molecule has 0 radical (unpaired) electrons. The van der Waals surface area contributed by atoms with Gasteiger partial charge in [-0.15, -0.1) is 0 Å². The van der Waals surface area contributed by atoms with Crippen molar-refractivity contribution >= 4 is 22.4 Å². The molecule has 0 unspecified atom stereocenters. The SMILES string of the molecule is CCOC(=O)c1ccc(=O)n2c1ccc1ccccc12. The van der Waals surface area contributed by atoms with Gasteiger partial charge in [-0.25, -0.2) is 4.79 Å². The standard InChI is InChI=1S/C16H13NO3/c1-2-20-16(19)12-8-10-15(18)17-13-6-4-3-5-11(13)7-9-14(12)17/h3-10H,2H2,1H3. The van der Waals surface area contributed by atoms with E-state index in [1.807, 2.05) is 30.3 Å². The van der Waals surface area contributed by atoms with Crippen LogP contribution in [0.3, 0.4) is 0 Å². The van der Waals surface area contributed by atoms with Gasteiger partial charge in [0.05, 0.1) is 23.2 Å². The highest BCUT2D eigenvalue weighted by Gasteiger charge is 2.13. The van der Waals surface area contributed by atoms with Crippen molar-refractivity contribution in [3.63, 3.8) is 0 Å². The summed E-state index contributed by atoms with van der Waals surface area (Å²) < 4.78 is 6.58. The summed E-state index contributed by atoms with van der Waals surface area (Å²) in [4.78, 5) is 24.1. The highest BCUT2D eigenvalue weighted by molar-refractivity contribution is 5.98. The Hall–Kier alpha value is -2.62. The van der Waals surface area contributed by atoms with E-state index < -0.39 is 5.97 Å². The lowest BCUT2D eigenvalue weighted by Gasteiger charge is -2.09. The van der Waals surface area contributed by atoms with Gasteiger partial charge in [0.2, 0.25) is 0 Å². The molecule has 0 saturated carbocycles. The van der Waals surface area contributed by atoms with Crippen molar-refractivity contribution in [1.29, 1.82) is 0 Å². The lowest BCUT2D eigenvalue weighted by Crippen LogP contribution is -2.17. The number of nitrogens with zero attached hydrogens (tertiary/aromatic N) is 1. The summed E-state index contributed by atoms with van der Waals surface area (Å²) in [5, 5.41) is 0.947. The highest BCUT2D eigenvalue weighted by atomic mass is 16.5. The second kappa shape index (κ2) is 4.81. The third kappa shape index (κ3) is 1.86. The van der Waals surface area contributed by atoms with Gasteiger partial charge < -0.3 is 4.74 Å². The Morgan fingerprint density at radius 2 is 1.85 bits per heavy atom. The average Bonchev–Trinajstić information content (AvgIpc) is 2.47. The van der Waals surface area contributed by atoms with E-state index >= 15 is 0 Å². The van der Waals surface area contributed by atoms with E-state index in [-0.39, 0.29) is 5.56 Å². The van der Waals surface area contributed by atoms with E-state index in [1.54, 1.807) is 17.4 Å². The minimum absolute atomic E-state index is 0.162. The van der Waals surface area contributed by atoms with Gasteiger partial charge in [0, 0.05) is 6.07 Å². The van der Waals surface area contributed by atoms with Crippen molar-refractivity contribution in [2.45, 2.75) is 6.92 Å². The van der Waals surface area contributed by atoms with E-state index in [0.717, 1.165) is 10.9 Å². The van der Waals surface area contributed by atoms with Crippen LogP contribution in [0.15, 0.2) is 53.3 Å². The molecule has 0 saturated heterocycles. The minimum atomic E-state index is -0.416. The van der Waals surface area contributed by atoms with Crippen LogP contribution in [0.4, 0.5) is 0 Å². The van der Waals surface area contributed by atoms with Crippen LogP contribution in [0.5, 0.6) is 0 Å². The van der Waals surface area contributed by atoms with Crippen LogP contribution in [-0.2, 0) is 4.74 Å². The van der Waals surface area contributed by atoms with E-state index in [1.165, 1.54) is 12.1 Å². The Morgan fingerprint density at radius 3 is 2.65 bits per heavy atom. The number of rotatable bonds is 2. The molecular formula is C16H13NO3. The molecule has 0 N–H and O–H groups in total. The van der Waals surface area contributed by atoms with Crippen molar-refractivity contribution in [3.05, 3.63) is 64.4 Å². The molecule has 3 aromatic rings. The Kier molecular flexibility index (Phi) is 2.99. The van der Waals surface area contributed by atoms with Crippen LogP contribution >= 0.6 is 0 Å². The maximum atomic E-state index is 12.1. The molecule has 0 bridgehead atoms. The number of para-hydroxylation sites is 1. The summed E-state index contributed by atoms with van der Waals surface area (Å²) >= 11 is 0. The number of carbonyl (C=O) groups is 1. The summed E-state index contributed by atoms with van der Waals surface area (Å²) in [6, 6.07) is 14.1. The quantitative estimate of drug-likeness (QED) is 0.529. The number of pyridine rings is 2. The molecule has 0 aliphatic carbocycles. The van der Waals surface area contributed by atoms with Crippen LogP contribution in [0.25, 0.3) is 16.4 Å². The predicted octanol–water partition coefficient (Wildman–Crippen LogP) is 2.63. The van der Waals surface area contributed by atoms with Crippen LogP contribution < -0.4 is 5.56 Å². The fourth-order valence-electron chi connectivity index (χ4n) is 2.35. The Morgan fingerprint density at radius 1 is 1.05 bits per heavy atom. The third-order valence-corrected chi connectivity index (χ3v) is 3.22. The van der Waals surface area contributed by atoms with Crippen LogP contribution in [0.2, 0.25) is 0 Å². The largest absolute Gasteiger partial charge is 0.462 e. The first-order valence-corrected chi connectivity index (χ1v) is 6.43. The molecule has 0 amide bonds. The number of ether oxygens (including phenoxy) is 1. The molecule has 4 nitrogen and oxygen atoms in total. The smallest absolute Gasteiger partial charge is 0.340 e. The molecule has 4 heteroatoms. The summed E-state index contributed by atoms with van der Waals surface area (Å²) in [5.41, 5.74) is 1.58. The first kappa shape index (κ1) is 12.4. The molecule has 3 rings (SSSR count). The van der Waals surface area contributed by atoms with Gasteiger partial charge in [-0.3, -0.25) is 9.20 Å². The number of aromatic nitrogens is 1. The van der Waals surface area contributed by atoms with E-state index in [9.17, 15) is 9.59 Å². The zero-order valence-corrected chi connectivity index (χ0v) is 11.0. The third-order valence-electron chi connectivity index (χ3n) is 3.22. The van der Waals surface area contributed by atoms with Gasteiger partial charge in [0.1, 0.15) is 0 Å². The molecule has 2 heterocycles. The maximum Gasteiger partial charge on any atom is 0.340 e. The predicted molar refractivity (Wildman–Crippen MR) is 77.1 cm³/mol. The fourth-order valence-corrected chi connectivity index (χ4v) is 2.35. The second-order valence-electron chi connectivity index (χ2n) is 4.42. The fraction of sp³-hybridized carbons (Fsp3) is 0.125. The molecule has 0 fully saturated rings. The monoisotopic (exact) mass is 267 g/mol. The molecular weight excluding hydrogens is 254 g/mol. The maximum absolute atomic E-state index is 12.1. The lowest BCUT2D eigenvalue weighted by atomic mass is 10.1. The van der Waals surface area contributed by atoms with Gasteiger partial charge in [0.15, 0.2) is 0 Å².